The molecule has 0 aromatic rings. The van der Waals surface area contributed by atoms with E-state index in [1.165, 1.54) is 161 Å². The molecule has 0 spiro atoms. The van der Waals surface area contributed by atoms with Gasteiger partial charge in [-0.3, -0.25) is 4.84 Å². The smallest absolute Gasteiger partial charge is 0.407 e. The highest BCUT2D eigenvalue weighted by Crippen LogP contribution is 2.19. The molecule has 0 aliphatic rings. The number of amides is 1. The monoisotopic (exact) mass is 683 g/mol. The molecule has 6 heteroatoms. The Kier molecular flexibility index (Phi) is 35.3. The number of nitrogens with zero attached hydrogens (tertiary/aromatic N) is 1. The van der Waals surface area contributed by atoms with Gasteiger partial charge in [-0.2, -0.15) is 5.06 Å². The second-order valence-electron chi connectivity index (χ2n) is 15.6. The number of ether oxygens (including phenoxy) is 2. The lowest BCUT2D eigenvalue weighted by atomic mass is 10.0. The Labute approximate surface area is 300 Å². The Balaban J connectivity index is 4.09. The molecular weight excluding hydrogens is 596 g/mol. The molecular formula is C42H86N2O4. The Morgan fingerprint density at radius 2 is 0.917 bits per heavy atom. The van der Waals surface area contributed by atoms with E-state index in [4.69, 9.17) is 14.3 Å². The van der Waals surface area contributed by atoms with Crippen molar-refractivity contribution in [2.75, 3.05) is 26.9 Å². The molecule has 0 aliphatic carbocycles. The lowest BCUT2D eigenvalue weighted by Gasteiger charge is -2.24. The molecule has 0 radical (unpaired) electrons. The van der Waals surface area contributed by atoms with E-state index in [1.807, 2.05) is 27.8 Å². The molecule has 0 saturated heterocycles. The first-order valence-corrected chi connectivity index (χ1v) is 21.2. The van der Waals surface area contributed by atoms with Crippen LogP contribution in [-0.4, -0.2) is 49.8 Å². The lowest BCUT2D eigenvalue weighted by Crippen LogP contribution is -2.32. The summed E-state index contributed by atoms with van der Waals surface area (Å²) in [4.78, 5) is 18.3. The first kappa shape index (κ1) is 47.1. The van der Waals surface area contributed by atoms with Crippen LogP contribution in [0.4, 0.5) is 4.79 Å². The van der Waals surface area contributed by atoms with E-state index in [2.05, 4.69) is 19.2 Å². The van der Waals surface area contributed by atoms with Crippen LogP contribution in [0.3, 0.4) is 0 Å². The number of carbonyl (C=O) groups is 1. The topological polar surface area (TPSA) is 60.0 Å². The molecule has 0 heterocycles. The van der Waals surface area contributed by atoms with Gasteiger partial charge in [0.15, 0.2) is 0 Å². The summed E-state index contributed by atoms with van der Waals surface area (Å²) in [5, 5.41) is 4.65. The fourth-order valence-corrected chi connectivity index (χ4v) is 6.22. The predicted octanol–water partition coefficient (Wildman–Crippen LogP) is 13.5. The number of carbonyl (C=O) groups excluding carboxylic acids is 1. The van der Waals surface area contributed by atoms with E-state index in [-0.39, 0.29) is 17.8 Å². The van der Waals surface area contributed by atoms with Crippen LogP contribution in [0.5, 0.6) is 0 Å². The molecule has 0 aliphatic heterocycles. The van der Waals surface area contributed by atoms with Crippen molar-refractivity contribution in [1.82, 2.24) is 10.4 Å². The molecule has 0 fully saturated rings. The maximum Gasteiger partial charge on any atom is 0.407 e. The summed E-state index contributed by atoms with van der Waals surface area (Å²) in [5.74, 6) is 0. The van der Waals surface area contributed by atoms with Gasteiger partial charge in [-0.05, 0) is 52.9 Å². The highest BCUT2D eigenvalue weighted by molar-refractivity contribution is 5.67. The summed E-state index contributed by atoms with van der Waals surface area (Å²) in [6.45, 7) is 12.2. The van der Waals surface area contributed by atoms with Gasteiger partial charge < -0.3 is 14.8 Å². The molecule has 6 nitrogen and oxygen atoms in total. The molecule has 0 aromatic carbocycles. The number of hydrogen-bond donors (Lipinski definition) is 1. The van der Waals surface area contributed by atoms with Crippen LogP contribution in [-0.2, 0) is 14.3 Å². The van der Waals surface area contributed by atoms with Crippen molar-refractivity contribution < 1.29 is 19.1 Å². The van der Waals surface area contributed by atoms with E-state index >= 15 is 0 Å². The van der Waals surface area contributed by atoms with Gasteiger partial charge in [-0.1, -0.05) is 174 Å². The van der Waals surface area contributed by atoms with Gasteiger partial charge in [-0.15, -0.1) is 0 Å². The first-order valence-electron chi connectivity index (χ1n) is 21.2. The van der Waals surface area contributed by atoms with Crippen molar-refractivity contribution in [2.45, 2.75) is 239 Å². The fraction of sp³-hybridized carbons (Fsp3) is 0.976. The van der Waals surface area contributed by atoms with Crippen molar-refractivity contribution in [3.8, 4) is 0 Å². The molecule has 0 rings (SSSR count). The second kappa shape index (κ2) is 36.0. The van der Waals surface area contributed by atoms with Crippen LogP contribution < -0.4 is 5.32 Å². The number of unbranched alkanes of at least 4 members (excludes halogenated alkanes) is 25. The highest BCUT2D eigenvalue weighted by Gasteiger charge is 2.15. The quantitative estimate of drug-likeness (QED) is 0.0401. The number of nitrogens with one attached hydrogen (secondary N) is 1. The van der Waals surface area contributed by atoms with Gasteiger partial charge in [0, 0.05) is 13.6 Å². The highest BCUT2D eigenvalue weighted by atomic mass is 16.7. The number of hydroxylamine groups is 2. The molecule has 48 heavy (non-hydrogen) atoms. The molecule has 288 valence electrons. The lowest BCUT2D eigenvalue weighted by molar-refractivity contribution is -0.213. The zero-order valence-corrected chi connectivity index (χ0v) is 33.5. The summed E-state index contributed by atoms with van der Waals surface area (Å²) in [7, 11) is 1.87. The number of alkyl carbamates (subject to hydrolysis) is 1. The molecule has 1 atom stereocenters. The molecule has 1 unspecified atom stereocenters. The Bertz CT molecular complexity index is 654. The van der Waals surface area contributed by atoms with Gasteiger partial charge in [0.2, 0.25) is 0 Å². The van der Waals surface area contributed by atoms with Gasteiger partial charge in [0.05, 0.1) is 12.2 Å². The summed E-state index contributed by atoms with van der Waals surface area (Å²) in [6.07, 6.45) is 39.3. The third-order valence-corrected chi connectivity index (χ3v) is 9.36. The van der Waals surface area contributed by atoms with Crippen LogP contribution >= 0.6 is 0 Å². The predicted molar refractivity (Wildman–Crippen MR) is 208 cm³/mol. The van der Waals surface area contributed by atoms with E-state index in [0.29, 0.717) is 19.9 Å². The Hall–Kier alpha value is -0.850. The van der Waals surface area contributed by atoms with Crippen LogP contribution in [0.1, 0.15) is 227 Å². The maximum absolute atomic E-state index is 12.6. The van der Waals surface area contributed by atoms with E-state index in [0.717, 1.165) is 32.1 Å². The van der Waals surface area contributed by atoms with E-state index in [1.54, 1.807) is 5.06 Å². The third-order valence-electron chi connectivity index (χ3n) is 9.36. The fourth-order valence-electron chi connectivity index (χ4n) is 6.22. The van der Waals surface area contributed by atoms with Gasteiger partial charge in [0.1, 0.15) is 12.8 Å². The van der Waals surface area contributed by atoms with Gasteiger partial charge in [0.25, 0.3) is 0 Å². The molecule has 0 saturated carbocycles. The van der Waals surface area contributed by atoms with Crippen LogP contribution in [0.15, 0.2) is 0 Å². The van der Waals surface area contributed by atoms with Crippen molar-refractivity contribution in [3.63, 3.8) is 0 Å². The number of hydrogen-bond acceptors (Lipinski definition) is 5. The molecule has 1 N–H and O–H groups in total. The first-order chi connectivity index (χ1) is 23.3. The zero-order valence-electron chi connectivity index (χ0n) is 33.5. The number of rotatable bonds is 37. The molecule has 0 aromatic heterocycles. The SMILES string of the molecule is CCCCCCCCCCCCCCCCCCCC(CCCCCCCCCCCC)OC(=O)NCCCON(C)COC(C)(C)C. The minimum Gasteiger partial charge on any atom is -0.446 e. The summed E-state index contributed by atoms with van der Waals surface area (Å²) < 4.78 is 11.7. The van der Waals surface area contributed by atoms with Crippen molar-refractivity contribution in [1.29, 1.82) is 0 Å². The van der Waals surface area contributed by atoms with E-state index in [9.17, 15) is 4.79 Å². The molecule has 1 amide bonds. The van der Waals surface area contributed by atoms with Crippen LogP contribution in [0.2, 0.25) is 0 Å². The Morgan fingerprint density at radius 1 is 0.562 bits per heavy atom. The Morgan fingerprint density at radius 3 is 1.27 bits per heavy atom. The summed E-state index contributed by atoms with van der Waals surface area (Å²) in [6, 6.07) is 0. The van der Waals surface area contributed by atoms with Gasteiger partial charge >= 0.3 is 6.09 Å². The normalized spacial score (nSPS) is 12.6. The minimum atomic E-state index is -0.275. The van der Waals surface area contributed by atoms with Crippen molar-refractivity contribution in [2.24, 2.45) is 0 Å². The maximum atomic E-state index is 12.6. The summed E-state index contributed by atoms with van der Waals surface area (Å²) >= 11 is 0. The third kappa shape index (κ3) is 38.0. The van der Waals surface area contributed by atoms with Gasteiger partial charge in [-0.25, -0.2) is 4.79 Å². The van der Waals surface area contributed by atoms with Crippen LogP contribution in [0, 0.1) is 0 Å². The van der Waals surface area contributed by atoms with Crippen molar-refractivity contribution >= 4 is 6.09 Å². The van der Waals surface area contributed by atoms with E-state index < -0.39 is 0 Å². The van der Waals surface area contributed by atoms with Crippen LogP contribution in [0.25, 0.3) is 0 Å². The molecule has 0 bridgehead atoms. The average Bonchev–Trinajstić information content (AvgIpc) is 3.05. The second-order valence-corrected chi connectivity index (χ2v) is 15.6. The van der Waals surface area contributed by atoms with Crippen molar-refractivity contribution in [3.05, 3.63) is 0 Å². The largest absolute Gasteiger partial charge is 0.446 e. The standard InChI is InChI=1S/C42H86N2O4/c1-7-9-11-13-15-17-19-20-21-22-23-24-25-27-29-31-33-36-40(35-32-30-28-26-18-16-14-12-10-8-2)48-41(45)43-37-34-38-47-44(6)39-46-42(3,4)5/h40H,7-39H2,1-6H3,(H,43,45). The summed E-state index contributed by atoms with van der Waals surface area (Å²) in [5.41, 5.74) is -0.195. The average molecular weight is 683 g/mol. The zero-order chi connectivity index (χ0) is 35.4. The minimum absolute atomic E-state index is 0.0346.